The summed E-state index contributed by atoms with van der Waals surface area (Å²) in [4.78, 5) is 1.46. The van der Waals surface area contributed by atoms with Crippen LogP contribution < -0.4 is 0 Å². The molecule has 0 aliphatic rings. The summed E-state index contributed by atoms with van der Waals surface area (Å²) in [6, 6.07) is 18.2. The highest BCUT2D eigenvalue weighted by atomic mass is 32.1. The maximum atomic E-state index is 5.20. The van der Waals surface area contributed by atoms with Crippen LogP contribution in [0.5, 0.6) is 0 Å². The van der Waals surface area contributed by atoms with E-state index in [1.54, 1.807) is 55.1 Å². The van der Waals surface area contributed by atoms with Gasteiger partial charge in [-0.25, -0.2) is 0 Å². The van der Waals surface area contributed by atoms with Crippen molar-refractivity contribution in [1.29, 1.82) is 0 Å². The molecule has 0 amide bonds. The van der Waals surface area contributed by atoms with Gasteiger partial charge in [0.1, 0.15) is 17.8 Å². The lowest BCUT2D eigenvalue weighted by molar-refractivity contribution is 0.329. The van der Waals surface area contributed by atoms with Gasteiger partial charge in [-0.3, -0.25) is 0 Å². The molecule has 0 unspecified atom stereocenters. The van der Waals surface area contributed by atoms with E-state index in [1.165, 1.54) is 21.6 Å². The van der Waals surface area contributed by atoms with Crippen molar-refractivity contribution in [2.75, 3.05) is 0 Å². The predicted molar refractivity (Wildman–Crippen MR) is 316 cm³/mol. The van der Waals surface area contributed by atoms with Crippen LogP contribution in [0.4, 0.5) is 0 Å². The van der Waals surface area contributed by atoms with Crippen molar-refractivity contribution in [3.63, 3.8) is 0 Å². The molecule has 0 bridgehead atoms. The third-order valence-corrected chi connectivity index (χ3v) is 11.0. The molecular weight excluding hydrogens is 905 g/mol. The Morgan fingerprint density at radius 3 is 1.07 bits per heavy atom. The largest absolute Gasteiger partial charge is 0.472 e. The molecule has 0 atom stereocenters. The van der Waals surface area contributed by atoms with Crippen LogP contribution in [-0.2, 0) is 37.9 Å². The van der Waals surface area contributed by atoms with Crippen LogP contribution in [0.25, 0.3) is 0 Å². The number of hydrogen-bond donors (Lipinski definition) is 0. The van der Waals surface area contributed by atoms with Gasteiger partial charge in [-0.15, -0.1) is 11.3 Å². The van der Waals surface area contributed by atoms with E-state index >= 15 is 0 Å². The molecule has 0 radical (unpaired) electrons. The first-order valence-electron chi connectivity index (χ1n) is 21.7. The molecule has 7 aromatic rings. The minimum absolute atomic E-state index is 0. The van der Waals surface area contributed by atoms with Crippen molar-refractivity contribution >= 4 is 22.7 Å². The standard InChI is InChI=1S/3C8H12O.2C8H12S.2C7H11NO.7CH4/c2*1-8(2,3)7-4-5-9-6-7;1-8(2,3)7-5-4-6-9-7;1-8(2,3)7-4-5-9-6-7;1-8(2,3)7-5-4-6-9-7;1-7(2,3)6-4-5-9-8-6;1-7(2,3)6-4-5-8-9-6;;;;;;;/h5*4-6H,1-3H3;2*4-5H,1-3H3;7*1H4. The van der Waals surface area contributed by atoms with Gasteiger partial charge in [0, 0.05) is 33.3 Å². The van der Waals surface area contributed by atoms with E-state index in [9.17, 15) is 0 Å². The quantitative estimate of drug-likeness (QED) is 0.149. The van der Waals surface area contributed by atoms with Gasteiger partial charge < -0.3 is 22.3 Å². The summed E-state index contributed by atoms with van der Waals surface area (Å²) in [5.74, 6) is 1.98. The summed E-state index contributed by atoms with van der Waals surface area (Å²) in [5.41, 5.74) is 6.45. The number of furan rings is 3. The molecule has 7 heterocycles. The van der Waals surface area contributed by atoms with Crippen molar-refractivity contribution < 1.29 is 22.3 Å². The minimum Gasteiger partial charge on any atom is -0.472 e. The molecule has 0 spiro atoms. The molecule has 0 aliphatic carbocycles. The van der Waals surface area contributed by atoms with Crippen molar-refractivity contribution in [2.24, 2.45) is 0 Å². The summed E-state index contributed by atoms with van der Waals surface area (Å²) in [7, 11) is 0. The van der Waals surface area contributed by atoms with Crippen LogP contribution in [0, 0.1) is 0 Å². The summed E-state index contributed by atoms with van der Waals surface area (Å²) in [6.07, 6.45) is 12.0. The van der Waals surface area contributed by atoms with Gasteiger partial charge in [0.25, 0.3) is 0 Å². The average molecular weight is 1020 g/mol. The molecule has 9 heteroatoms. The van der Waals surface area contributed by atoms with E-state index in [-0.39, 0.29) is 79.1 Å². The van der Waals surface area contributed by atoms with Crippen LogP contribution in [0.1, 0.15) is 236 Å². The monoisotopic (exact) mass is 1010 g/mol. The normalized spacial score (nSPS) is 10.7. The first-order chi connectivity index (χ1) is 28.7. The van der Waals surface area contributed by atoms with Crippen LogP contribution in [-0.4, -0.2) is 10.3 Å². The third kappa shape index (κ3) is 33.3. The Kier molecular flexibility index (Phi) is 39.8. The Morgan fingerprint density at radius 1 is 0.414 bits per heavy atom. The smallest absolute Gasteiger partial charge is 0.142 e. The fraction of sp³-hybridized carbons (Fsp3) is 0.574. The molecule has 0 aliphatic heterocycles. The van der Waals surface area contributed by atoms with E-state index in [0.717, 1.165) is 17.2 Å². The summed E-state index contributed by atoms with van der Waals surface area (Å²) >= 11 is 3.60. The first kappa shape index (κ1) is 79.8. The number of thiophene rings is 2. The Morgan fingerprint density at radius 2 is 0.900 bits per heavy atom. The van der Waals surface area contributed by atoms with Gasteiger partial charge in [-0.1, -0.05) is 214 Å². The zero-order valence-electron chi connectivity index (χ0n) is 42.7. The van der Waals surface area contributed by atoms with Gasteiger partial charge in [-0.2, -0.15) is 11.3 Å². The van der Waals surface area contributed by atoms with Gasteiger partial charge >= 0.3 is 0 Å². The topological polar surface area (TPSA) is 91.5 Å². The molecule has 0 N–H and O–H groups in total. The number of aromatic nitrogens is 2. The van der Waals surface area contributed by atoms with Gasteiger partial charge in [0.05, 0.1) is 43.2 Å². The number of nitrogens with zero attached hydrogens (tertiary/aromatic N) is 2. The Labute approximate surface area is 441 Å². The summed E-state index contributed by atoms with van der Waals surface area (Å²) in [6.45, 7) is 45.4. The van der Waals surface area contributed by atoms with Crippen LogP contribution in [0.15, 0.2) is 137 Å². The fourth-order valence-corrected chi connectivity index (χ4v) is 6.38. The van der Waals surface area contributed by atoms with Crippen molar-refractivity contribution in [1.82, 2.24) is 10.3 Å². The molecule has 7 aromatic heterocycles. The molecule has 0 saturated heterocycles. The van der Waals surface area contributed by atoms with Gasteiger partial charge in [0.15, 0.2) is 0 Å². The van der Waals surface area contributed by atoms with E-state index in [2.05, 4.69) is 190 Å². The highest BCUT2D eigenvalue weighted by Crippen LogP contribution is 2.27. The molecule has 0 aromatic carbocycles. The predicted octanol–water partition coefficient (Wildman–Crippen LogP) is 22.2. The second kappa shape index (κ2) is 34.9. The van der Waals surface area contributed by atoms with Crippen LogP contribution >= 0.6 is 22.7 Å². The summed E-state index contributed by atoms with van der Waals surface area (Å²) in [5, 5.41) is 13.9. The van der Waals surface area contributed by atoms with Crippen LogP contribution in [0.2, 0.25) is 0 Å². The molecule has 0 saturated carbocycles. The van der Waals surface area contributed by atoms with E-state index in [4.69, 9.17) is 22.3 Å². The molecular formula is C61H110N2O5S2. The highest BCUT2D eigenvalue weighted by molar-refractivity contribution is 7.10. The zero-order valence-corrected chi connectivity index (χ0v) is 44.4. The van der Waals surface area contributed by atoms with Gasteiger partial charge in [0.2, 0.25) is 0 Å². The second-order valence-electron chi connectivity index (χ2n) is 22.5. The van der Waals surface area contributed by atoms with Crippen molar-refractivity contribution in [3.8, 4) is 0 Å². The number of hydrogen-bond acceptors (Lipinski definition) is 9. The second-order valence-corrected chi connectivity index (χ2v) is 24.2. The Hall–Kier alpha value is -4.34. The average Bonchev–Trinajstić information content (AvgIpc) is 4.02. The zero-order chi connectivity index (χ0) is 48.3. The minimum atomic E-state index is 0. The van der Waals surface area contributed by atoms with Crippen LogP contribution in [0.3, 0.4) is 0 Å². The van der Waals surface area contributed by atoms with Crippen molar-refractivity contribution in [2.45, 2.75) is 235 Å². The molecule has 406 valence electrons. The Balaban J connectivity index is -0.000000130. The Bertz CT molecular complexity index is 1620. The molecule has 70 heavy (non-hydrogen) atoms. The van der Waals surface area contributed by atoms with Gasteiger partial charge in [-0.05, 0) is 90.9 Å². The highest BCUT2D eigenvalue weighted by Gasteiger charge is 2.19. The maximum Gasteiger partial charge on any atom is 0.142 e. The molecule has 7 rings (SSSR count). The molecule has 7 nitrogen and oxygen atoms in total. The SMILES string of the molecule is C.C.C.C.C.C.C.CC(C)(C)c1ccco1.CC(C)(C)c1cccs1.CC(C)(C)c1ccno1.CC(C)(C)c1ccoc1.CC(C)(C)c1ccoc1.CC(C)(C)c1ccon1.CC(C)(C)c1ccsc1. The third-order valence-electron chi connectivity index (χ3n) is 9.07. The van der Waals surface area contributed by atoms with E-state index in [0.29, 0.717) is 10.8 Å². The lowest BCUT2D eigenvalue weighted by Gasteiger charge is -2.15. The number of rotatable bonds is 0. The fourth-order valence-electron chi connectivity index (χ4n) is 4.69. The maximum absolute atomic E-state index is 5.20. The lowest BCUT2D eigenvalue weighted by atomic mass is 9.89. The lowest BCUT2D eigenvalue weighted by Crippen LogP contribution is -2.10. The van der Waals surface area contributed by atoms with E-state index in [1.807, 2.05) is 47.7 Å². The summed E-state index contributed by atoms with van der Waals surface area (Å²) < 4.78 is 24.7. The first-order valence-corrected chi connectivity index (χ1v) is 23.5. The van der Waals surface area contributed by atoms with E-state index < -0.39 is 0 Å². The van der Waals surface area contributed by atoms with Crippen molar-refractivity contribution in [3.05, 3.63) is 153 Å². The molecule has 0 fully saturated rings.